The first kappa shape index (κ1) is 19.7. The van der Waals surface area contributed by atoms with Crippen LogP contribution >= 0.6 is 20.1 Å². The normalized spacial score (nSPS) is 13.1. The van der Waals surface area contributed by atoms with Gasteiger partial charge in [-0.1, -0.05) is 0 Å². The first-order chi connectivity index (χ1) is 12.7. The Hall–Kier alpha value is -1.05. The number of halogens is 1. The second-order valence-corrected chi connectivity index (χ2v) is 27.2. The summed E-state index contributed by atoms with van der Waals surface area (Å²) in [6.45, 7) is 2.29. The standard InChI is InChI=1S/C24H28AsI/c1-2-3-4-14-21-25(26,22-15-8-5-9-16-22,23-17-10-6-11-18-23)24-19-12-7-13-20-24/h5-13,15-20H,2-4,14,21H2,1H3. The zero-order valence-electron chi connectivity index (χ0n) is 15.5. The number of benzene rings is 3. The molecule has 0 aliphatic rings. The molecule has 3 rings (SSSR count). The second-order valence-electron chi connectivity index (χ2n) is 6.97. The molecule has 0 atom stereocenters. The molecular weight excluding hydrogens is 490 g/mol. The van der Waals surface area contributed by atoms with Crippen LogP contribution in [0.15, 0.2) is 91.0 Å². The van der Waals surface area contributed by atoms with Crippen LogP contribution in [-0.4, -0.2) is 9.10 Å². The minimum atomic E-state index is -3.23. The van der Waals surface area contributed by atoms with Gasteiger partial charge in [-0.15, -0.1) is 0 Å². The van der Waals surface area contributed by atoms with Crippen LogP contribution in [0.3, 0.4) is 0 Å². The van der Waals surface area contributed by atoms with Crippen molar-refractivity contribution in [3.63, 3.8) is 0 Å². The Labute approximate surface area is 170 Å². The molecule has 0 aliphatic heterocycles. The van der Waals surface area contributed by atoms with Gasteiger partial charge in [0.05, 0.1) is 0 Å². The van der Waals surface area contributed by atoms with E-state index in [1.807, 2.05) is 0 Å². The van der Waals surface area contributed by atoms with Gasteiger partial charge < -0.3 is 0 Å². The third-order valence-electron chi connectivity index (χ3n) is 5.32. The molecule has 0 aromatic heterocycles. The van der Waals surface area contributed by atoms with E-state index in [4.69, 9.17) is 0 Å². The maximum absolute atomic E-state index is 3.23. The first-order valence-corrected chi connectivity index (χ1v) is 19.5. The summed E-state index contributed by atoms with van der Waals surface area (Å²) in [6, 6.07) is 33.9. The molecule has 0 heterocycles. The molecule has 3 aromatic rings. The van der Waals surface area contributed by atoms with Crippen molar-refractivity contribution in [2.24, 2.45) is 0 Å². The van der Waals surface area contributed by atoms with E-state index in [1.165, 1.54) is 30.9 Å². The van der Waals surface area contributed by atoms with Crippen molar-refractivity contribution in [3.8, 4) is 0 Å². The van der Waals surface area contributed by atoms with Crippen LogP contribution in [0.4, 0.5) is 0 Å². The van der Waals surface area contributed by atoms with E-state index in [1.54, 1.807) is 13.1 Å². The molecule has 26 heavy (non-hydrogen) atoms. The van der Waals surface area contributed by atoms with Crippen LogP contribution in [0.2, 0.25) is 5.21 Å². The van der Waals surface area contributed by atoms with Crippen LogP contribution in [0.25, 0.3) is 0 Å². The number of rotatable bonds is 8. The van der Waals surface area contributed by atoms with Crippen molar-refractivity contribution >= 4 is 42.3 Å². The van der Waals surface area contributed by atoms with Gasteiger partial charge in [0, 0.05) is 0 Å². The fourth-order valence-corrected chi connectivity index (χ4v) is 20.9. The minimum absolute atomic E-state index is 1.27. The summed E-state index contributed by atoms with van der Waals surface area (Å²) in [4.78, 5) is 0. The molecule has 0 fully saturated rings. The first-order valence-electron chi connectivity index (χ1n) is 9.60. The molecule has 136 valence electrons. The molecule has 2 heteroatoms. The third-order valence-corrected chi connectivity index (χ3v) is 27.6. The molecule has 0 radical (unpaired) electrons. The van der Waals surface area contributed by atoms with Crippen LogP contribution in [0.5, 0.6) is 0 Å². The van der Waals surface area contributed by atoms with Crippen molar-refractivity contribution in [2.75, 3.05) is 0 Å². The van der Waals surface area contributed by atoms with Gasteiger partial charge >= 0.3 is 171 Å². The van der Waals surface area contributed by atoms with Gasteiger partial charge in [-0.2, -0.15) is 0 Å². The van der Waals surface area contributed by atoms with Gasteiger partial charge in [-0.25, -0.2) is 0 Å². The molecular formula is C24H28AsI. The average Bonchev–Trinajstić information content (AvgIpc) is 2.73. The Morgan fingerprint density at radius 1 is 0.577 bits per heavy atom. The Balaban J connectivity index is 2.24. The summed E-state index contributed by atoms with van der Waals surface area (Å²) in [7, 11) is -3.23. The van der Waals surface area contributed by atoms with E-state index in [0.29, 0.717) is 0 Å². The zero-order chi connectivity index (χ0) is 18.3. The van der Waals surface area contributed by atoms with Crippen molar-refractivity contribution in [1.29, 1.82) is 0 Å². The van der Waals surface area contributed by atoms with Gasteiger partial charge in [0.15, 0.2) is 0 Å². The second kappa shape index (κ2) is 8.76. The quantitative estimate of drug-likeness (QED) is 0.206. The van der Waals surface area contributed by atoms with E-state index < -0.39 is 9.10 Å². The Bertz CT molecular complexity index is 700. The average molecular weight is 518 g/mol. The molecule has 0 amide bonds. The van der Waals surface area contributed by atoms with Crippen LogP contribution in [0, 0.1) is 0 Å². The summed E-state index contributed by atoms with van der Waals surface area (Å²) in [6.07, 6.45) is 5.23. The van der Waals surface area contributed by atoms with Crippen LogP contribution in [0.1, 0.15) is 32.6 Å². The van der Waals surface area contributed by atoms with Gasteiger partial charge in [-0.3, -0.25) is 0 Å². The topological polar surface area (TPSA) is 0 Å². The monoisotopic (exact) mass is 518 g/mol. The van der Waals surface area contributed by atoms with E-state index in [-0.39, 0.29) is 0 Å². The van der Waals surface area contributed by atoms with Crippen LogP contribution in [-0.2, 0) is 0 Å². The third kappa shape index (κ3) is 3.66. The van der Waals surface area contributed by atoms with Crippen molar-refractivity contribution in [2.45, 2.75) is 37.8 Å². The van der Waals surface area contributed by atoms with E-state index in [2.05, 4.69) is 118 Å². The maximum atomic E-state index is 2.94. The van der Waals surface area contributed by atoms with E-state index in [0.717, 1.165) is 0 Å². The predicted octanol–water partition coefficient (Wildman–Crippen LogP) is 5.62. The molecule has 3 aromatic carbocycles. The van der Waals surface area contributed by atoms with Crippen molar-refractivity contribution < 1.29 is 0 Å². The van der Waals surface area contributed by atoms with E-state index in [9.17, 15) is 0 Å². The van der Waals surface area contributed by atoms with Gasteiger partial charge in [-0.05, 0) is 0 Å². The molecule has 0 aliphatic carbocycles. The molecule has 0 saturated heterocycles. The predicted molar refractivity (Wildman–Crippen MR) is 127 cm³/mol. The van der Waals surface area contributed by atoms with Crippen LogP contribution < -0.4 is 13.1 Å². The fourth-order valence-electron chi connectivity index (χ4n) is 3.89. The summed E-state index contributed by atoms with van der Waals surface area (Å²) in [5.74, 6) is 0. The SMILES string of the molecule is CCCCCC[As](I)(c1ccccc1)(c1ccccc1)c1ccccc1. The number of hydrogen-bond donors (Lipinski definition) is 0. The summed E-state index contributed by atoms with van der Waals surface area (Å²) >= 11 is 2.94. The van der Waals surface area contributed by atoms with Gasteiger partial charge in [0.1, 0.15) is 0 Å². The number of unbranched alkanes of at least 4 members (excludes halogenated alkanes) is 3. The number of hydrogen-bond acceptors (Lipinski definition) is 0. The zero-order valence-corrected chi connectivity index (χ0v) is 19.6. The summed E-state index contributed by atoms with van der Waals surface area (Å²) in [5.41, 5.74) is 0. The Morgan fingerprint density at radius 2 is 0.962 bits per heavy atom. The summed E-state index contributed by atoms with van der Waals surface area (Å²) < 4.78 is 4.63. The molecule has 0 spiro atoms. The molecule has 0 N–H and O–H groups in total. The summed E-state index contributed by atoms with van der Waals surface area (Å²) in [5, 5.41) is 1.27. The molecule has 0 bridgehead atoms. The van der Waals surface area contributed by atoms with Crippen molar-refractivity contribution in [1.82, 2.24) is 0 Å². The Morgan fingerprint density at radius 3 is 1.31 bits per heavy atom. The Kier molecular flexibility index (Phi) is 6.64. The molecule has 0 saturated carbocycles. The molecule has 0 unspecified atom stereocenters. The van der Waals surface area contributed by atoms with E-state index >= 15 is 0 Å². The van der Waals surface area contributed by atoms with Crippen molar-refractivity contribution in [3.05, 3.63) is 91.0 Å². The fraction of sp³-hybridized carbons (Fsp3) is 0.250. The van der Waals surface area contributed by atoms with Gasteiger partial charge in [0.25, 0.3) is 0 Å². The van der Waals surface area contributed by atoms with Gasteiger partial charge in [0.2, 0.25) is 0 Å². The molecule has 0 nitrogen and oxygen atoms in total.